The number of rotatable bonds is 5. The molecule has 0 atom stereocenters. The number of hydrogen-bond acceptors (Lipinski definition) is 2. The molecule has 0 fully saturated rings. The highest BCUT2D eigenvalue weighted by Gasteiger charge is 2.08. The molecule has 0 spiro atoms. The van der Waals surface area contributed by atoms with E-state index in [-0.39, 0.29) is 5.91 Å². The fourth-order valence-corrected chi connectivity index (χ4v) is 2.37. The quantitative estimate of drug-likeness (QED) is 0.906. The van der Waals surface area contributed by atoms with Crippen molar-refractivity contribution in [2.75, 3.05) is 23.8 Å². The van der Waals surface area contributed by atoms with Crippen molar-refractivity contribution in [3.8, 4) is 0 Å². The molecule has 3 nitrogen and oxygen atoms in total. The van der Waals surface area contributed by atoms with Gasteiger partial charge in [0.2, 0.25) is 5.91 Å². The maximum atomic E-state index is 12.3. The molecular weight excluding hydrogens is 272 g/mol. The number of carbonyl (C=O) groups is 1. The van der Waals surface area contributed by atoms with Crippen LogP contribution < -0.4 is 10.2 Å². The van der Waals surface area contributed by atoms with Crippen LogP contribution in [0.15, 0.2) is 42.5 Å². The second kappa shape index (κ2) is 7.12. The van der Waals surface area contributed by atoms with E-state index in [0.717, 1.165) is 29.0 Å². The Balaban J connectivity index is 2.07. The summed E-state index contributed by atoms with van der Waals surface area (Å²) in [6, 6.07) is 14.2. The third-order valence-corrected chi connectivity index (χ3v) is 3.90. The molecule has 0 saturated carbocycles. The van der Waals surface area contributed by atoms with Gasteiger partial charge in [-0.25, -0.2) is 0 Å². The first kappa shape index (κ1) is 16.1. The Morgan fingerprint density at radius 1 is 1.14 bits per heavy atom. The van der Waals surface area contributed by atoms with Crippen LogP contribution in [-0.2, 0) is 11.2 Å². The summed E-state index contributed by atoms with van der Waals surface area (Å²) in [7, 11) is 2.04. The Bertz CT molecular complexity index is 664. The van der Waals surface area contributed by atoms with Gasteiger partial charge in [-0.1, -0.05) is 29.8 Å². The lowest BCUT2D eigenvalue weighted by Gasteiger charge is -2.17. The van der Waals surface area contributed by atoms with Gasteiger partial charge in [0.1, 0.15) is 0 Å². The van der Waals surface area contributed by atoms with Gasteiger partial charge in [-0.2, -0.15) is 0 Å². The summed E-state index contributed by atoms with van der Waals surface area (Å²) >= 11 is 0. The van der Waals surface area contributed by atoms with Gasteiger partial charge in [0, 0.05) is 25.0 Å². The molecule has 22 heavy (non-hydrogen) atoms. The molecule has 2 rings (SSSR count). The normalized spacial score (nSPS) is 10.4. The summed E-state index contributed by atoms with van der Waals surface area (Å²) in [5.41, 5.74) is 5.36. The molecule has 2 aromatic rings. The molecule has 0 aliphatic rings. The van der Waals surface area contributed by atoms with Gasteiger partial charge in [0.15, 0.2) is 0 Å². The fourth-order valence-electron chi connectivity index (χ4n) is 2.37. The second-order valence-electron chi connectivity index (χ2n) is 5.72. The lowest BCUT2D eigenvalue weighted by molar-refractivity contribution is -0.115. The predicted molar refractivity (Wildman–Crippen MR) is 93.6 cm³/mol. The van der Waals surface area contributed by atoms with Crippen molar-refractivity contribution in [2.24, 2.45) is 0 Å². The highest BCUT2D eigenvalue weighted by atomic mass is 16.1. The number of benzene rings is 2. The van der Waals surface area contributed by atoms with E-state index in [2.05, 4.69) is 35.3 Å². The summed E-state index contributed by atoms with van der Waals surface area (Å²) < 4.78 is 0. The van der Waals surface area contributed by atoms with Crippen molar-refractivity contribution < 1.29 is 4.79 Å². The number of amides is 1. The second-order valence-corrected chi connectivity index (χ2v) is 5.72. The SMILES string of the molecule is CCN(C)c1cccc(NC(=O)Cc2cc(C)ccc2C)c1. The number of anilines is 2. The highest BCUT2D eigenvalue weighted by Crippen LogP contribution is 2.19. The van der Waals surface area contributed by atoms with Gasteiger partial charge in [-0.3, -0.25) is 4.79 Å². The fraction of sp³-hybridized carbons (Fsp3) is 0.316. The Labute approximate surface area is 133 Å². The van der Waals surface area contributed by atoms with Gasteiger partial charge in [0.25, 0.3) is 0 Å². The van der Waals surface area contributed by atoms with Gasteiger partial charge >= 0.3 is 0 Å². The molecule has 0 aromatic heterocycles. The lowest BCUT2D eigenvalue weighted by atomic mass is 10.0. The van der Waals surface area contributed by atoms with E-state index in [4.69, 9.17) is 0 Å². The molecule has 2 aromatic carbocycles. The van der Waals surface area contributed by atoms with E-state index in [1.165, 1.54) is 5.56 Å². The van der Waals surface area contributed by atoms with Crippen LogP contribution in [0.5, 0.6) is 0 Å². The molecule has 0 saturated heterocycles. The van der Waals surface area contributed by atoms with Crippen molar-refractivity contribution in [3.63, 3.8) is 0 Å². The first-order valence-corrected chi connectivity index (χ1v) is 7.66. The maximum absolute atomic E-state index is 12.3. The molecule has 0 aliphatic heterocycles. The van der Waals surface area contributed by atoms with Crippen LogP contribution in [0.4, 0.5) is 11.4 Å². The Kier molecular flexibility index (Phi) is 5.21. The van der Waals surface area contributed by atoms with E-state index in [1.54, 1.807) is 0 Å². The smallest absolute Gasteiger partial charge is 0.228 e. The Morgan fingerprint density at radius 3 is 2.64 bits per heavy atom. The monoisotopic (exact) mass is 296 g/mol. The van der Waals surface area contributed by atoms with Gasteiger partial charge < -0.3 is 10.2 Å². The standard InChI is InChI=1S/C19H24N2O/c1-5-21(4)18-8-6-7-17(13-18)20-19(22)12-16-11-14(2)9-10-15(16)3/h6-11,13H,5,12H2,1-4H3,(H,20,22). The largest absolute Gasteiger partial charge is 0.375 e. The average Bonchev–Trinajstić information content (AvgIpc) is 2.50. The number of hydrogen-bond donors (Lipinski definition) is 1. The Hall–Kier alpha value is -2.29. The zero-order valence-corrected chi connectivity index (χ0v) is 13.8. The van der Waals surface area contributed by atoms with Crippen LogP contribution in [0.25, 0.3) is 0 Å². The maximum Gasteiger partial charge on any atom is 0.228 e. The molecule has 116 valence electrons. The zero-order valence-electron chi connectivity index (χ0n) is 13.8. The first-order chi connectivity index (χ1) is 10.5. The summed E-state index contributed by atoms with van der Waals surface area (Å²) in [5, 5.41) is 2.99. The highest BCUT2D eigenvalue weighted by molar-refractivity contribution is 5.92. The van der Waals surface area contributed by atoms with Crippen LogP contribution in [-0.4, -0.2) is 19.5 Å². The summed E-state index contributed by atoms with van der Waals surface area (Å²) in [6.45, 7) is 7.12. The third kappa shape index (κ3) is 4.10. The molecule has 0 radical (unpaired) electrons. The topological polar surface area (TPSA) is 32.3 Å². The zero-order chi connectivity index (χ0) is 16.1. The van der Waals surface area contributed by atoms with E-state index in [9.17, 15) is 4.79 Å². The summed E-state index contributed by atoms with van der Waals surface area (Å²) in [4.78, 5) is 14.4. The third-order valence-electron chi connectivity index (χ3n) is 3.90. The predicted octanol–water partition coefficient (Wildman–Crippen LogP) is 3.94. The minimum atomic E-state index is 0.0185. The molecule has 0 bridgehead atoms. The molecular formula is C19H24N2O. The molecule has 0 unspecified atom stereocenters. The van der Waals surface area contributed by atoms with Gasteiger partial charge in [-0.15, -0.1) is 0 Å². The molecule has 0 aliphatic carbocycles. The molecule has 1 amide bonds. The van der Waals surface area contributed by atoms with E-state index in [1.807, 2.05) is 45.2 Å². The first-order valence-electron chi connectivity index (χ1n) is 7.66. The number of nitrogens with zero attached hydrogens (tertiary/aromatic N) is 1. The van der Waals surface area contributed by atoms with Gasteiger partial charge in [0.05, 0.1) is 6.42 Å². The van der Waals surface area contributed by atoms with E-state index < -0.39 is 0 Å². The lowest BCUT2D eigenvalue weighted by Crippen LogP contribution is -2.17. The van der Waals surface area contributed by atoms with Crippen molar-refractivity contribution in [1.29, 1.82) is 0 Å². The number of carbonyl (C=O) groups excluding carboxylic acids is 1. The van der Waals surface area contributed by atoms with E-state index >= 15 is 0 Å². The van der Waals surface area contributed by atoms with Crippen molar-refractivity contribution in [2.45, 2.75) is 27.2 Å². The average molecular weight is 296 g/mol. The molecule has 3 heteroatoms. The van der Waals surface area contributed by atoms with Crippen molar-refractivity contribution >= 4 is 17.3 Å². The van der Waals surface area contributed by atoms with E-state index in [0.29, 0.717) is 6.42 Å². The van der Waals surface area contributed by atoms with Crippen LogP contribution in [0.2, 0.25) is 0 Å². The number of aryl methyl sites for hydroxylation is 2. The van der Waals surface area contributed by atoms with Gasteiger partial charge in [-0.05, 0) is 50.1 Å². The van der Waals surface area contributed by atoms with Crippen molar-refractivity contribution in [1.82, 2.24) is 0 Å². The van der Waals surface area contributed by atoms with Crippen LogP contribution >= 0.6 is 0 Å². The summed E-state index contributed by atoms with van der Waals surface area (Å²) in [5.74, 6) is 0.0185. The minimum absolute atomic E-state index is 0.0185. The molecule has 1 N–H and O–H groups in total. The molecule has 0 heterocycles. The van der Waals surface area contributed by atoms with Crippen molar-refractivity contribution in [3.05, 3.63) is 59.2 Å². The Morgan fingerprint density at radius 2 is 1.91 bits per heavy atom. The van der Waals surface area contributed by atoms with Crippen LogP contribution in [0.3, 0.4) is 0 Å². The van der Waals surface area contributed by atoms with Crippen LogP contribution in [0.1, 0.15) is 23.6 Å². The van der Waals surface area contributed by atoms with Crippen LogP contribution in [0, 0.1) is 13.8 Å². The summed E-state index contributed by atoms with van der Waals surface area (Å²) in [6.07, 6.45) is 0.404. The number of nitrogens with one attached hydrogen (secondary N) is 1. The minimum Gasteiger partial charge on any atom is -0.375 e.